The lowest BCUT2D eigenvalue weighted by molar-refractivity contribution is -0.157. The lowest BCUT2D eigenvalue weighted by Gasteiger charge is -2.34. The van der Waals surface area contributed by atoms with Gasteiger partial charge in [-0.15, -0.1) is 0 Å². The number of ether oxygens (including phenoxy) is 1. The fraction of sp³-hybridized carbons (Fsp3) is 0.474. The van der Waals surface area contributed by atoms with Crippen LogP contribution in [0.25, 0.3) is 0 Å². The maximum absolute atomic E-state index is 11.9. The molecule has 2 aromatic rings. The van der Waals surface area contributed by atoms with Crippen molar-refractivity contribution in [1.29, 1.82) is 0 Å². The van der Waals surface area contributed by atoms with E-state index in [0.717, 1.165) is 19.6 Å². The largest absolute Gasteiger partial charge is 0.481 e. The first-order valence-electron chi connectivity index (χ1n) is 8.74. The molecule has 1 aromatic carbocycles. The minimum absolute atomic E-state index is 0.0952. The summed E-state index contributed by atoms with van der Waals surface area (Å²) in [6.45, 7) is 4.07. The molecule has 2 fully saturated rings. The summed E-state index contributed by atoms with van der Waals surface area (Å²) in [7, 11) is 0. The highest BCUT2D eigenvalue weighted by molar-refractivity contribution is 5.76. The highest BCUT2D eigenvalue weighted by atomic mass is 16.5. The average molecular weight is 341 g/mol. The molecular formula is C19H23N3O3. The fourth-order valence-corrected chi connectivity index (χ4v) is 4.11. The Morgan fingerprint density at radius 1 is 1.28 bits per heavy atom. The Balaban J connectivity index is 1.41. The third-order valence-corrected chi connectivity index (χ3v) is 5.54. The van der Waals surface area contributed by atoms with Gasteiger partial charge in [0.15, 0.2) is 0 Å². The molecule has 2 aliphatic rings. The normalized spacial score (nSPS) is 26.5. The second-order valence-electron chi connectivity index (χ2n) is 7.17. The minimum Gasteiger partial charge on any atom is -0.481 e. The third-order valence-electron chi connectivity index (χ3n) is 5.54. The number of benzene rings is 1. The van der Waals surface area contributed by atoms with E-state index in [1.165, 1.54) is 11.1 Å². The van der Waals surface area contributed by atoms with Crippen molar-refractivity contribution in [2.45, 2.75) is 19.5 Å². The number of aliphatic carboxylic acids is 1. The summed E-state index contributed by atoms with van der Waals surface area (Å²) in [6.07, 6.45) is 4.35. The SMILES string of the molecule is O=C(O)[C@]12CCOC[C@H]1CN(Cc1ccc(Cn3cccn3)cc1)C2. The molecule has 6 heteroatoms. The van der Waals surface area contributed by atoms with Crippen molar-refractivity contribution in [3.63, 3.8) is 0 Å². The van der Waals surface area contributed by atoms with E-state index in [2.05, 4.69) is 34.3 Å². The highest BCUT2D eigenvalue weighted by Gasteiger charge is 2.53. The number of rotatable bonds is 5. The van der Waals surface area contributed by atoms with Crippen molar-refractivity contribution >= 4 is 5.97 Å². The van der Waals surface area contributed by atoms with Gasteiger partial charge in [0, 0.05) is 44.6 Å². The van der Waals surface area contributed by atoms with Crippen LogP contribution in [0.2, 0.25) is 0 Å². The number of hydrogen-bond acceptors (Lipinski definition) is 4. The molecule has 0 aliphatic carbocycles. The van der Waals surface area contributed by atoms with Gasteiger partial charge in [-0.2, -0.15) is 5.10 Å². The molecule has 0 saturated carbocycles. The molecule has 0 amide bonds. The van der Waals surface area contributed by atoms with Crippen LogP contribution in [0.4, 0.5) is 0 Å². The molecule has 2 aliphatic heterocycles. The van der Waals surface area contributed by atoms with Crippen LogP contribution in [0.5, 0.6) is 0 Å². The molecule has 3 heterocycles. The van der Waals surface area contributed by atoms with E-state index in [9.17, 15) is 9.90 Å². The Bertz CT molecular complexity index is 729. The van der Waals surface area contributed by atoms with Gasteiger partial charge in [0.2, 0.25) is 0 Å². The van der Waals surface area contributed by atoms with Crippen molar-refractivity contribution in [2.24, 2.45) is 11.3 Å². The van der Waals surface area contributed by atoms with E-state index >= 15 is 0 Å². The second-order valence-corrected chi connectivity index (χ2v) is 7.17. The Morgan fingerprint density at radius 3 is 2.68 bits per heavy atom. The molecule has 2 saturated heterocycles. The maximum Gasteiger partial charge on any atom is 0.311 e. The molecule has 1 aromatic heterocycles. The van der Waals surface area contributed by atoms with Crippen LogP contribution in [0.15, 0.2) is 42.7 Å². The van der Waals surface area contributed by atoms with Gasteiger partial charge in [0.05, 0.1) is 18.6 Å². The number of hydrogen-bond donors (Lipinski definition) is 1. The summed E-state index contributed by atoms with van der Waals surface area (Å²) in [5, 5.41) is 14.0. The number of carboxylic acids is 1. The Labute approximate surface area is 147 Å². The van der Waals surface area contributed by atoms with Crippen LogP contribution in [0.3, 0.4) is 0 Å². The summed E-state index contributed by atoms with van der Waals surface area (Å²) < 4.78 is 7.42. The second kappa shape index (κ2) is 6.61. The van der Waals surface area contributed by atoms with E-state index in [1.807, 2.05) is 16.9 Å². The number of nitrogens with zero attached hydrogens (tertiary/aromatic N) is 3. The zero-order valence-electron chi connectivity index (χ0n) is 14.2. The van der Waals surface area contributed by atoms with Crippen molar-refractivity contribution in [1.82, 2.24) is 14.7 Å². The van der Waals surface area contributed by atoms with E-state index in [-0.39, 0.29) is 5.92 Å². The van der Waals surface area contributed by atoms with Gasteiger partial charge < -0.3 is 9.84 Å². The topological polar surface area (TPSA) is 67.6 Å². The first-order chi connectivity index (χ1) is 12.2. The van der Waals surface area contributed by atoms with Crippen LogP contribution in [-0.4, -0.2) is 52.1 Å². The third kappa shape index (κ3) is 3.19. The average Bonchev–Trinajstić information content (AvgIpc) is 3.24. The Morgan fingerprint density at radius 2 is 2.04 bits per heavy atom. The smallest absolute Gasteiger partial charge is 0.311 e. The van der Waals surface area contributed by atoms with Crippen molar-refractivity contribution in [3.05, 3.63) is 53.9 Å². The number of likely N-dealkylation sites (tertiary alicyclic amines) is 1. The lowest BCUT2D eigenvalue weighted by atomic mass is 9.74. The predicted octanol–water partition coefficient (Wildman–Crippen LogP) is 1.85. The van der Waals surface area contributed by atoms with Crippen LogP contribution in [0.1, 0.15) is 17.5 Å². The summed E-state index contributed by atoms with van der Waals surface area (Å²) in [6, 6.07) is 10.4. The molecule has 0 unspecified atom stereocenters. The number of aromatic nitrogens is 2. The first kappa shape index (κ1) is 16.3. The molecule has 6 nitrogen and oxygen atoms in total. The molecule has 0 bridgehead atoms. The van der Waals surface area contributed by atoms with Gasteiger partial charge in [0.1, 0.15) is 0 Å². The fourth-order valence-electron chi connectivity index (χ4n) is 4.11. The zero-order chi connectivity index (χ0) is 17.3. The highest BCUT2D eigenvalue weighted by Crippen LogP contribution is 2.42. The maximum atomic E-state index is 11.9. The van der Waals surface area contributed by atoms with Gasteiger partial charge in [-0.05, 0) is 23.6 Å². The van der Waals surface area contributed by atoms with Crippen LogP contribution < -0.4 is 0 Å². The van der Waals surface area contributed by atoms with Gasteiger partial charge in [-0.3, -0.25) is 14.4 Å². The van der Waals surface area contributed by atoms with Gasteiger partial charge in [0.25, 0.3) is 0 Å². The number of carbonyl (C=O) groups is 1. The lowest BCUT2D eigenvalue weighted by Crippen LogP contribution is -2.44. The Hall–Kier alpha value is -2.18. The van der Waals surface area contributed by atoms with E-state index < -0.39 is 11.4 Å². The molecule has 25 heavy (non-hydrogen) atoms. The quantitative estimate of drug-likeness (QED) is 0.899. The molecule has 1 N–H and O–H groups in total. The predicted molar refractivity (Wildman–Crippen MR) is 92.0 cm³/mol. The Kier molecular flexibility index (Phi) is 4.31. The monoisotopic (exact) mass is 341 g/mol. The van der Waals surface area contributed by atoms with E-state index in [1.54, 1.807) is 6.20 Å². The molecule has 4 rings (SSSR count). The summed E-state index contributed by atoms with van der Waals surface area (Å²) in [5.41, 5.74) is 1.79. The standard InChI is InChI=1S/C19H23N3O3/c23-18(24)19-6-9-25-13-17(19)12-21(14-19)10-15-2-4-16(5-3-15)11-22-8-1-7-20-22/h1-5,7-8,17H,6,9-14H2,(H,23,24)/t17-,19+/m1/s1. The molecule has 0 spiro atoms. The zero-order valence-corrected chi connectivity index (χ0v) is 14.2. The molecule has 2 atom stereocenters. The first-order valence-corrected chi connectivity index (χ1v) is 8.74. The summed E-state index contributed by atoms with van der Waals surface area (Å²) in [5.74, 6) is -0.573. The van der Waals surface area contributed by atoms with Crippen molar-refractivity contribution in [2.75, 3.05) is 26.3 Å². The van der Waals surface area contributed by atoms with Crippen LogP contribution in [0, 0.1) is 11.3 Å². The number of carboxylic acid groups (broad SMARTS) is 1. The van der Waals surface area contributed by atoms with E-state index in [0.29, 0.717) is 26.2 Å². The molecular weight excluding hydrogens is 318 g/mol. The molecule has 132 valence electrons. The molecule has 0 radical (unpaired) electrons. The van der Waals surface area contributed by atoms with Crippen molar-refractivity contribution < 1.29 is 14.6 Å². The van der Waals surface area contributed by atoms with Gasteiger partial charge in [-0.1, -0.05) is 24.3 Å². The van der Waals surface area contributed by atoms with Gasteiger partial charge >= 0.3 is 5.97 Å². The van der Waals surface area contributed by atoms with Crippen molar-refractivity contribution in [3.8, 4) is 0 Å². The van der Waals surface area contributed by atoms with Crippen LogP contribution in [-0.2, 0) is 22.6 Å². The summed E-state index contributed by atoms with van der Waals surface area (Å²) >= 11 is 0. The summed E-state index contributed by atoms with van der Waals surface area (Å²) in [4.78, 5) is 14.1. The minimum atomic E-state index is -0.669. The van der Waals surface area contributed by atoms with Gasteiger partial charge in [-0.25, -0.2) is 0 Å². The number of fused-ring (bicyclic) bond motifs is 1. The van der Waals surface area contributed by atoms with Crippen LogP contribution >= 0.6 is 0 Å². The van der Waals surface area contributed by atoms with E-state index in [4.69, 9.17) is 4.74 Å².